The van der Waals surface area contributed by atoms with E-state index in [-0.39, 0.29) is 6.10 Å². The summed E-state index contributed by atoms with van der Waals surface area (Å²) in [5, 5.41) is 3.63. The van der Waals surface area contributed by atoms with Crippen molar-refractivity contribution in [3.63, 3.8) is 0 Å². The molecule has 1 aliphatic rings. The maximum atomic E-state index is 6.23. The summed E-state index contributed by atoms with van der Waals surface area (Å²) >= 11 is 0. The second kappa shape index (κ2) is 6.38. The number of nitrogens with one attached hydrogen (secondary N) is 1. The van der Waals surface area contributed by atoms with Crippen molar-refractivity contribution in [3.8, 4) is 5.75 Å². The number of nitrogens with two attached hydrogens (primary N) is 1. The average Bonchev–Trinajstić information content (AvgIpc) is 2.75. The highest BCUT2D eigenvalue weighted by Gasteiger charge is 2.31. The minimum absolute atomic E-state index is 0.141. The van der Waals surface area contributed by atoms with Crippen LogP contribution in [0.3, 0.4) is 0 Å². The normalized spacial score (nSPS) is 25.9. The number of hydrogen-bond acceptors (Lipinski definition) is 3. The second-order valence-electron chi connectivity index (χ2n) is 6.24. The molecule has 3 heteroatoms. The molecule has 3 unspecified atom stereocenters. The summed E-state index contributed by atoms with van der Waals surface area (Å²) in [4.78, 5) is 0. The molecule has 3 N–H and O–H groups in total. The third-order valence-electron chi connectivity index (χ3n) is 4.52. The maximum absolute atomic E-state index is 6.23. The zero-order chi connectivity index (χ0) is 14.7. The van der Waals surface area contributed by atoms with E-state index in [0.29, 0.717) is 12.0 Å². The van der Waals surface area contributed by atoms with Crippen LogP contribution in [-0.4, -0.2) is 12.1 Å². The molecule has 20 heavy (non-hydrogen) atoms. The first-order valence-corrected chi connectivity index (χ1v) is 7.84. The van der Waals surface area contributed by atoms with E-state index in [1.807, 2.05) is 26.0 Å². The molecule has 0 heterocycles. The first-order chi connectivity index (χ1) is 9.52. The number of hydrogen-bond donors (Lipinski definition) is 2. The maximum Gasteiger partial charge on any atom is 0.144 e. The van der Waals surface area contributed by atoms with Crippen molar-refractivity contribution < 1.29 is 4.74 Å². The molecular weight excluding hydrogens is 248 g/mol. The molecule has 0 saturated heterocycles. The van der Waals surface area contributed by atoms with Gasteiger partial charge in [-0.15, -0.1) is 0 Å². The van der Waals surface area contributed by atoms with Gasteiger partial charge in [-0.3, -0.25) is 0 Å². The topological polar surface area (TPSA) is 47.3 Å². The highest BCUT2D eigenvalue weighted by Crippen LogP contribution is 2.38. The second-order valence-corrected chi connectivity index (χ2v) is 6.24. The van der Waals surface area contributed by atoms with Crippen LogP contribution in [0.1, 0.15) is 47.0 Å². The summed E-state index contributed by atoms with van der Waals surface area (Å²) in [5.74, 6) is 2.32. The van der Waals surface area contributed by atoms with Gasteiger partial charge in [0.2, 0.25) is 0 Å². The van der Waals surface area contributed by atoms with Crippen LogP contribution < -0.4 is 15.8 Å². The number of para-hydroxylation sites is 1. The van der Waals surface area contributed by atoms with Crippen LogP contribution >= 0.6 is 0 Å². The third-order valence-corrected chi connectivity index (χ3v) is 4.52. The Morgan fingerprint density at radius 1 is 1.35 bits per heavy atom. The molecule has 0 aromatic heterocycles. The number of anilines is 2. The summed E-state index contributed by atoms with van der Waals surface area (Å²) < 4.78 is 5.75. The molecule has 0 spiro atoms. The monoisotopic (exact) mass is 276 g/mol. The number of rotatable bonds is 5. The van der Waals surface area contributed by atoms with E-state index in [4.69, 9.17) is 10.5 Å². The summed E-state index contributed by atoms with van der Waals surface area (Å²) in [7, 11) is 0. The molecule has 3 atom stereocenters. The van der Waals surface area contributed by atoms with Crippen molar-refractivity contribution in [2.24, 2.45) is 11.8 Å². The van der Waals surface area contributed by atoms with Crippen LogP contribution in [0.25, 0.3) is 0 Å². The zero-order valence-electron chi connectivity index (χ0n) is 13.1. The van der Waals surface area contributed by atoms with E-state index < -0.39 is 0 Å². The lowest BCUT2D eigenvalue weighted by molar-refractivity contribution is 0.244. The SMILES string of the molecule is CCC1CCC(Nc2cccc(OC(C)C)c2N)C1C. The molecule has 2 rings (SSSR count). The van der Waals surface area contributed by atoms with Crippen molar-refractivity contribution in [1.82, 2.24) is 0 Å². The molecule has 1 saturated carbocycles. The first-order valence-electron chi connectivity index (χ1n) is 7.84. The predicted molar refractivity (Wildman–Crippen MR) is 86.2 cm³/mol. The molecule has 1 fully saturated rings. The van der Waals surface area contributed by atoms with Gasteiger partial charge in [-0.25, -0.2) is 0 Å². The number of benzene rings is 1. The Morgan fingerprint density at radius 2 is 2.10 bits per heavy atom. The van der Waals surface area contributed by atoms with Crippen LogP contribution in [0.5, 0.6) is 5.75 Å². The van der Waals surface area contributed by atoms with Gasteiger partial charge >= 0.3 is 0 Å². The van der Waals surface area contributed by atoms with E-state index in [1.165, 1.54) is 19.3 Å². The van der Waals surface area contributed by atoms with Crippen molar-refractivity contribution >= 4 is 11.4 Å². The van der Waals surface area contributed by atoms with Crippen LogP contribution in [-0.2, 0) is 0 Å². The Labute approximate surface area is 122 Å². The van der Waals surface area contributed by atoms with Gasteiger partial charge in [0.1, 0.15) is 5.75 Å². The number of nitrogen functional groups attached to an aromatic ring is 1. The Balaban J connectivity index is 2.10. The van der Waals surface area contributed by atoms with Gasteiger partial charge in [0.05, 0.1) is 17.5 Å². The summed E-state index contributed by atoms with van der Waals surface area (Å²) in [5.41, 5.74) is 7.98. The summed E-state index contributed by atoms with van der Waals surface area (Å²) in [6.45, 7) is 8.67. The lowest BCUT2D eigenvalue weighted by atomic mass is 9.93. The van der Waals surface area contributed by atoms with E-state index in [2.05, 4.69) is 25.2 Å². The Bertz CT molecular complexity index is 445. The minimum Gasteiger partial charge on any atom is -0.489 e. The molecular formula is C17H28N2O. The fraction of sp³-hybridized carbons (Fsp3) is 0.647. The van der Waals surface area contributed by atoms with Crippen molar-refractivity contribution in [2.75, 3.05) is 11.1 Å². The molecule has 112 valence electrons. The van der Waals surface area contributed by atoms with Crippen LogP contribution in [0.15, 0.2) is 18.2 Å². The molecule has 1 aliphatic carbocycles. The number of ether oxygens (including phenoxy) is 1. The smallest absolute Gasteiger partial charge is 0.144 e. The summed E-state index contributed by atoms with van der Waals surface area (Å²) in [6, 6.07) is 6.52. The molecule has 1 aromatic rings. The molecule has 0 amide bonds. The summed E-state index contributed by atoms with van der Waals surface area (Å²) in [6.07, 6.45) is 3.96. The molecule has 0 radical (unpaired) electrons. The van der Waals surface area contributed by atoms with E-state index >= 15 is 0 Å². The van der Waals surface area contributed by atoms with Crippen LogP contribution in [0.2, 0.25) is 0 Å². The van der Waals surface area contributed by atoms with Crippen molar-refractivity contribution in [2.45, 2.75) is 59.1 Å². The molecule has 0 aliphatic heterocycles. The lowest BCUT2D eigenvalue weighted by Gasteiger charge is -2.23. The van der Waals surface area contributed by atoms with Crippen molar-refractivity contribution in [3.05, 3.63) is 18.2 Å². The van der Waals surface area contributed by atoms with Gasteiger partial charge in [0.15, 0.2) is 0 Å². The minimum atomic E-state index is 0.141. The predicted octanol–water partition coefficient (Wildman–Crippen LogP) is 4.29. The fourth-order valence-corrected chi connectivity index (χ4v) is 3.25. The van der Waals surface area contributed by atoms with E-state index in [0.717, 1.165) is 23.0 Å². The van der Waals surface area contributed by atoms with Crippen LogP contribution in [0, 0.1) is 11.8 Å². The Hall–Kier alpha value is -1.38. The molecule has 0 bridgehead atoms. The largest absolute Gasteiger partial charge is 0.489 e. The molecule has 3 nitrogen and oxygen atoms in total. The van der Waals surface area contributed by atoms with Gasteiger partial charge in [-0.2, -0.15) is 0 Å². The third kappa shape index (κ3) is 3.20. The first kappa shape index (κ1) is 15.0. The Morgan fingerprint density at radius 3 is 2.70 bits per heavy atom. The van der Waals surface area contributed by atoms with Crippen LogP contribution in [0.4, 0.5) is 11.4 Å². The van der Waals surface area contributed by atoms with Gasteiger partial charge in [0, 0.05) is 6.04 Å². The van der Waals surface area contributed by atoms with Crippen molar-refractivity contribution in [1.29, 1.82) is 0 Å². The van der Waals surface area contributed by atoms with Gasteiger partial charge in [0.25, 0.3) is 0 Å². The highest BCUT2D eigenvalue weighted by molar-refractivity contribution is 5.73. The quantitative estimate of drug-likeness (QED) is 0.789. The van der Waals surface area contributed by atoms with Gasteiger partial charge < -0.3 is 15.8 Å². The highest BCUT2D eigenvalue weighted by atomic mass is 16.5. The van der Waals surface area contributed by atoms with Gasteiger partial charge in [-0.1, -0.05) is 26.3 Å². The van der Waals surface area contributed by atoms with E-state index in [9.17, 15) is 0 Å². The standard InChI is InChI=1S/C17H28N2O/c1-5-13-9-10-14(12(13)4)19-15-7-6-8-16(17(15)18)20-11(2)3/h6-8,11-14,19H,5,9-10,18H2,1-4H3. The average molecular weight is 276 g/mol. The zero-order valence-corrected chi connectivity index (χ0v) is 13.1. The Kier molecular flexibility index (Phi) is 4.79. The molecule has 1 aromatic carbocycles. The fourth-order valence-electron chi connectivity index (χ4n) is 3.25. The lowest BCUT2D eigenvalue weighted by Crippen LogP contribution is -2.25. The van der Waals surface area contributed by atoms with E-state index in [1.54, 1.807) is 0 Å². The van der Waals surface area contributed by atoms with Gasteiger partial charge in [-0.05, 0) is 50.7 Å².